The molecular weight excluding hydrogens is 410 g/mol. The van der Waals surface area contributed by atoms with Gasteiger partial charge in [-0.25, -0.2) is 13.1 Å². The first-order valence-electron chi connectivity index (χ1n) is 9.69. The van der Waals surface area contributed by atoms with Crippen molar-refractivity contribution in [3.05, 3.63) is 46.2 Å². The van der Waals surface area contributed by atoms with E-state index in [1.807, 2.05) is 0 Å². The third-order valence-electron chi connectivity index (χ3n) is 5.25. The summed E-state index contributed by atoms with van der Waals surface area (Å²) < 4.78 is 33.3. The molecule has 1 aromatic carbocycles. The minimum Gasteiger partial charge on any atom is -0.495 e. The molecule has 1 amide bonds. The number of piperazine rings is 1. The second kappa shape index (κ2) is 8.43. The van der Waals surface area contributed by atoms with Crippen molar-refractivity contribution in [2.45, 2.75) is 30.3 Å². The average molecular weight is 436 g/mol. The maximum atomic E-state index is 13.0. The Bertz CT molecular complexity index is 964. The molecular formula is C20H25N3O4S2. The molecule has 9 heteroatoms. The summed E-state index contributed by atoms with van der Waals surface area (Å²) in [6, 6.07) is 6.73. The fourth-order valence-corrected chi connectivity index (χ4v) is 5.60. The topological polar surface area (TPSA) is 79.0 Å². The first-order valence-corrected chi connectivity index (χ1v) is 12.1. The van der Waals surface area contributed by atoms with E-state index < -0.39 is 10.0 Å². The van der Waals surface area contributed by atoms with Gasteiger partial charge in [-0.05, 0) is 53.4 Å². The van der Waals surface area contributed by atoms with Gasteiger partial charge in [0.05, 0.1) is 7.11 Å². The van der Waals surface area contributed by atoms with Crippen LogP contribution in [0.5, 0.6) is 5.75 Å². The third-order valence-corrected chi connectivity index (χ3v) is 7.52. The van der Waals surface area contributed by atoms with E-state index in [2.05, 4.69) is 26.4 Å². The molecule has 2 fully saturated rings. The molecule has 4 rings (SSSR count). The van der Waals surface area contributed by atoms with Crippen LogP contribution in [0.2, 0.25) is 0 Å². The zero-order valence-electron chi connectivity index (χ0n) is 16.3. The van der Waals surface area contributed by atoms with Crippen molar-refractivity contribution in [2.24, 2.45) is 0 Å². The number of benzene rings is 1. The maximum Gasteiger partial charge on any atom is 0.253 e. The molecule has 0 radical (unpaired) electrons. The fraction of sp³-hybridized carbons (Fsp3) is 0.450. The predicted octanol–water partition coefficient (Wildman–Crippen LogP) is 2.16. The van der Waals surface area contributed by atoms with E-state index in [-0.39, 0.29) is 22.6 Å². The first-order chi connectivity index (χ1) is 14.0. The zero-order valence-corrected chi connectivity index (χ0v) is 18.0. The number of nitrogens with one attached hydrogen (secondary N) is 1. The van der Waals surface area contributed by atoms with Gasteiger partial charge in [-0.2, -0.15) is 11.3 Å². The second-order valence-electron chi connectivity index (χ2n) is 7.46. The van der Waals surface area contributed by atoms with Crippen molar-refractivity contribution in [1.29, 1.82) is 0 Å². The number of nitrogens with zero attached hydrogens (tertiary/aromatic N) is 2. The summed E-state index contributed by atoms with van der Waals surface area (Å²) in [5.41, 5.74) is 1.66. The van der Waals surface area contributed by atoms with Crippen molar-refractivity contribution in [2.75, 3.05) is 33.3 Å². The summed E-state index contributed by atoms with van der Waals surface area (Å²) in [5, 5.41) is 4.22. The summed E-state index contributed by atoms with van der Waals surface area (Å²) in [6.45, 7) is 3.73. The van der Waals surface area contributed by atoms with E-state index in [9.17, 15) is 13.2 Å². The Morgan fingerprint density at radius 3 is 2.59 bits per heavy atom. The van der Waals surface area contributed by atoms with Crippen LogP contribution in [-0.4, -0.2) is 63.5 Å². The lowest BCUT2D eigenvalue weighted by molar-refractivity contribution is 0.0628. The molecule has 7 nitrogen and oxygen atoms in total. The standard InChI is InChI=1S/C20H25N3O4S2/c1-27-18-5-2-16(12-19(18)29(25,26)21-17-3-4-17)20(24)23-9-7-22(8-10-23)13-15-6-11-28-14-15/h2,5-6,11-12,14,17,21H,3-4,7-10,13H2,1H3. The molecule has 0 unspecified atom stereocenters. The Balaban J connectivity index is 1.45. The summed E-state index contributed by atoms with van der Waals surface area (Å²) in [7, 11) is -2.29. The number of carbonyl (C=O) groups excluding carboxylic acids is 1. The minimum atomic E-state index is -3.72. The lowest BCUT2D eigenvalue weighted by Gasteiger charge is -2.34. The molecule has 2 aromatic rings. The molecule has 1 saturated carbocycles. The molecule has 1 N–H and O–H groups in total. The molecule has 2 heterocycles. The monoisotopic (exact) mass is 435 g/mol. The van der Waals surface area contributed by atoms with E-state index in [1.165, 1.54) is 18.7 Å². The van der Waals surface area contributed by atoms with E-state index in [0.717, 1.165) is 32.5 Å². The largest absolute Gasteiger partial charge is 0.495 e. The Morgan fingerprint density at radius 1 is 1.21 bits per heavy atom. The van der Waals surface area contributed by atoms with E-state index in [0.29, 0.717) is 18.7 Å². The van der Waals surface area contributed by atoms with Crippen molar-refractivity contribution in [1.82, 2.24) is 14.5 Å². The molecule has 156 valence electrons. The number of rotatable bonds is 7. The number of sulfonamides is 1. The lowest BCUT2D eigenvalue weighted by Crippen LogP contribution is -2.48. The molecule has 1 aliphatic heterocycles. The Kier molecular flexibility index (Phi) is 5.91. The Morgan fingerprint density at radius 2 is 1.97 bits per heavy atom. The molecule has 29 heavy (non-hydrogen) atoms. The van der Waals surface area contributed by atoms with Crippen LogP contribution in [0.1, 0.15) is 28.8 Å². The highest BCUT2D eigenvalue weighted by Crippen LogP contribution is 2.29. The number of hydrogen-bond donors (Lipinski definition) is 1. The molecule has 1 aromatic heterocycles. The molecule has 0 atom stereocenters. The van der Waals surface area contributed by atoms with Crippen LogP contribution in [0.4, 0.5) is 0 Å². The van der Waals surface area contributed by atoms with Crippen molar-refractivity contribution in [3.63, 3.8) is 0 Å². The van der Waals surface area contributed by atoms with Crippen molar-refractivity contribution in [3.8, 4) is 5.75 Å². The van der Waals surface area contributed by atoms with Gasteiger partial charge < -0.3 is 9.64 Å². The van der Waals surface area contributed by atoms with Crippen LogP contribution < -0.4 is 9.46 Å². The number of hydrogen-bond acceptors (Lipinski definition) is 6. The number of ether oxygens (including phenoxy) is 1. The smallest absolute Gasteiger partial charge is 0.253 e. The summed E-state index contributed by atoms with van der Waals surface area (Å²) in [6.07, 6.45) is 1.69. The third kappa shape index (κ3) is 4.80. The van der Waals surface area contributed by atoms with Crippen LogP contribution in [0.25, 0.3) is 0 Å². The van der Waals surface area contributed by atoms with Crippen LogP contribution in [0, 0.1) is 0 Å². The van der Waals surface area contributed by atoms with Crippen LogP contribution in [0.15, 0.2) is 39.9 Å². The van der Waals surface area contributed by atoms with Crippen LogP contribution >= 0.6 is 11.3 Å². The maximum absolute atomic E-state index is 13.0. The van der Waals surface area contributed by atoms with Crippen molar-refractivity contribution >= 4 is 27.3 Å². The fourth-order valence-electron chi connectivity index (χ4n) is 3.44. The van der Waals surface area contributed by atoms with Crippen LogP contribution in [0.3, 0.4) is 0 Å². The Labute approximate surface area is 175 Å². The SMILES string of the molecule is COc1ccc(C(=O)N2CCN(Cc3ccsc3)CC2)cc1S(=O)(=O)NC1CC1. The number of amides is 1. The van der Waals surface area contributed by atoms with Crippen LogP contribution in [-0.2, 0) is 16.6 Å². The van der Waals surface area contributed by atoms with Gasteiger partial charge in [-0.1, -0.05) is 0 Å². The molecule has 0 spiro atoms. The van der Waals surface area contributed by atoms with E-state index in [1.54, 1.807) is 28.4 Å². The molecule has 0 bridgehead atoms. The number of carbonyl (C=O) groups is 1. The summed E-state index contributed by atoms with van der Waals surface area (Å²) in [5.74, 6) is 0.0981. The van der Waals surface area contributed by atoms with Gasteiger partial charge >= 0.3 is 0 Å². The van der Waals surface area contributed by atoms with Gasteiger partial charge in [0, 0.05) is 44.3 Å². The Hall–Kier alpha value is -1.94. The quantitative estimate of drug-likeness (QED) is 0.721. The van der Waals surface area contributed by atoms with E-state index >= 15 is 0 Å². The van der Waals surface area contributed by atoms with Gasteiger partial charge in [-0.3, -0.25) is 9.69 Å². The van der Waals surface area contributed by atoms with Gasteiger partial charge in [0.25, 0.3) is 5.91 Å². The highest BCUT2D eigenvalue weighted by Gasteiger charge is 2.31. The first kappa shape index (κ1) is 20.3. The highest BCUT2D eigenvalue weighted by atomic mass is 32.2. The van der Waals surface area contributed by atoms with Gasteiger partial charge in [-0.15, -0.1) is 0 Å². The van der Waals surface area contributed by atoms with Gasteiger partial charge in [0.15, 0.2) is 0 Å². The minimum absolute atomic E-state index is 0.0135. The number of thiophene rings is 1. The summed E-state index contributed by atoms with van der Waals surface area (Å²) >= 11 is 1.69. The lowest BCUT2D eigenvalue weighted by atomic mass is 10.1. The van der Waals surface area contributed by atoms with E-state index in [4.69, 9.17) is 4.74 Å². The summed E-state index contributed by atoms with van der Waals surface area (Å²) in [4.78, 5) is 17.1. The molecule has 2 aliphatic rings. The second-order valence-corrected chi connectivity index (χ2v) is 9.92. The van der Waals surface area contributed by atoms with Crippen molar-refractivity contribution < 1.29 is 17.9 Å². The molecule has 1 saturated heterocycles. The highest BCUT2D eigenvalue weighted by molar-refractivity contribution is 7.89. The number of methoxy groups -OCH3 is 1. The van der Waals surface area contributed by atoms with Gasteiger partial charge in [0.2, 0.25) is 10.0 Å². The normalized spacial score (nSPS) is 18.0. The predicted molar refractivity (Wildman–Crippen MR) is 112 cm³/mol. The average Bonchev–Trinajstić information content (AvgIpc) is 3.38. The van der Waals surface area contributed by atoms with Gasteiger partial charge in [0.1, 0.15) is 10.6 Å². The zero-order chi connectivity index (χ0) is 20.4. The molecule has 1 aliphatic carbocycles.